The first-order chi connectivity index (χ1) is 4.89. The van der Waals surface area contributed by atoms with Crippen LogP contribution in [0.25, 0.3) is 0 Å². The van der Waals surface area contributed by atoms with Crippen LogP contribution in [0, 0.1) is 5.92 Å². The van der Waals surface area contributed by atoms with Crippen LogP contribution in [0.5, 0.6) is 0 Å². The molecule has 0 heterocycles. The molecule has 2 N–H and O–H groups in total. The third-order valence-corrected chi connectivity index (χ3v) is 2.14. The second kappa shape index (κ2) is 4.07. The summed E-state index contributed by atoms with van der Waals surface area (Å²) in [5.74, 6) is 0.532. The molecule has 0 radical (unpaired) electrons. The highest BCUT2D eigenvalue weighted by atomic mass is 16.5. The Labute approximate surface area is 70.1 Å². The van der Waals surface area contributed by atoms with Crippen molar-refractivity contribution in [1.82, 2.24) is 0 Å². The number of hydrogen-bond donors (Lipinski definition) is 1. The van der Waals surface area contributed by atoms with Crippen LogP contribution < -0.4 is 5.73 Å². The summed E-state index contributed by atoms with van der Waals surface area (Å²) in [6.45, 7) is 8.40. The summed E-state index contributed by atoms with van der Waals surface area (Å²) in [4.78, 5) is 0. The van der Waals surface area contributed by atoms with Crippen molar-refractivity contribution >= 4 is 0 Å². The van der Waals surface area contributed by atoms with E-state index in [4.69, 9.17) is 10.5 Å². The van der Waals surface area contributed by atoms with Gasteiger partial charge in [-0.2, -0.15) is 0 Å². The van der Waals surface area contributed by atoms with Crippen LogP contribution in [0.4, 0.5) is 0 Å². The van der Waals surface area contributed by atoms with Gasteiger partial charge in [-0.3, -0.25) is 0 Å². The molecule has 0 aromatic heterocycles. The van der Waals surface area contributed by atoms with E-state index in [9.17, 15) is 0 Å². The lowest BCUT2D eigenvalue weighted by molar-refractivity contribution is 0.00673. The van der Waals surface area contributed by atoms with Gasteiger partial charge in [0.15, 0.2) is 0 Å². The molecule has 0 rings (SSSR count). The van der Waals surface area contributed by atoms with E-state index in [1.165, 1.54) is 0 Å². The van der Waals surface area contributed by atoms with Crippen LogP contribution in [0.1, 0.15) is 34.1 Å². The van der Waals surface area contributed by atoms with E-state index in [0.29, 0.717) is 5.92 Å². The van der Waals surface area contributed by atoms with Gasteiger partial charge in [-0.05, 0) is 26.2 Å². The van der Waals surface area contributed by atoms with Gasteiger partial charge in [-0.15, -0.1) is 0 Å². The molecule has 2 nitrogen and oxygen atoms in total. The highest BCUT2D eigenvalue weighted by Gasteiger charge is 2.21. The highest BCUT2D eigenvalue weighted by molar-refractivity contribution is 4.77. The fourth-order valence-electron chi connectivity index (χ4n) is 0.887. The molecular weight excluding hydrogens is 138 g/mol. The van der Waals surface area contributed by atoms with Crippen molar-refractivity contribution in [2.75, 3.05) is 7.11 Å². The summed E-state index contributed by atoms with van der Waals surface area (Å²) >= 11 is 0. The molecule has 11 heavy (non-hydrogen) atoms. The summed E-state index contributed by atoms with van der Waals surface area (Å²) < 4.78 is 5.28. The summed E-state index contributed by atoms with van der Waals surface area (Å²) in [6.07, 6.45) is 0.918. The second-order valence-corrected chi connectivity index (χ2v) is 4.08. The summed E-state index contributed by atoms with van der Waals surface area (Å²) in [6, 6.07) is 0.241. The Morgan fingerprint density at radius 2 is 1.82 bits per heavy atom. The Bertz CT molecular complexity index is 110. The predicted molar refractivity (Wildman–Crippen MR) is 48.5 cm³/mol. The molecular formula is C9H21NO. The fourth-order valence-corrected chi connectivity index (χ4v) is 0.887. The molecule has 0 aliphatic heterocycles. The summed E-state index contributed by atoms with van der Waals surface area (Å²) in [5, 5.41) is 0. The molecule has 68 valence electrons. The molecule has 0 saturated heterocycles. The van der Waals surface area contributed by atoms with Gasteiger partial charge in [0.05, 0.1) is 5.60 Å². The largest absolute Gasteiger partial charge is 0.379 e. The van der Waals surface area contributed by atoms with E-state index in [2.05, 4.69) is 27.7 Å². The van der Waals surface area contributed by atoms with Crippen molar-refractivity contribution in [2.45, 2.75) is 45.8 Å². The molecule has 0 aromatic rings. The van der Waals surface area contributed by atoms with E-state index in [1.807, 2.05) is 0 Å². The normalized spacial score (nSPS) is 15.5. The molecule has 0 saturated carbocycles. The Kier molecular flexibility index (Phi) is 4.04. The molecule has 0 fully saturated rings. The maximum absolute atomic E-state index is 5.90. The zero-order valence-corrected chi connectivity index (χ0v) is 8.35. The van der Waals surface area contributed by atoms with Gasteiger partial charge in [-0.25, -0.2) is 0 Å². The van der Waals surface area contributed by atoms with Crippen molar-refractivity contribution < 1.29 is 4.74 Å². The predicted octanol–water partition coefficient (Wildman–Crippen LogP) is 1.78. The highest BCUT2D eigenvalue weighted by Crippen LogP contribution is 2.17. The molecule has 0 aliphatic carbocycles. The summed E-state index contributed by atoms with van der Waals surface area (Å²) in [5.41, 5.74) is 5.82. The number of methoxy groups -OCH3 is 1. The average Bonchev–Trinajstić information content (AvgIpc) is 1.87. The average molecular weight is 159 g/mol. The van der Waals surface area contributed by atoms with E-state index < -0.39 is 0 Å². The third kappa shape index (κ3) is 4.38. The second-order valence-electron chi connectivity index (χ2n) is 4.08. The SMILES string of the molecule is COC(C)(C)CC(N)C(C)C. The minimum absolute atomic E-state index is 0.0797. The maximum atomic E-state index is 5.90. The molecule has 1 atom stereocenters. The van der Waals surface area contributed by atoms with E-state index in [1.54, 1.807) is 7.11 Å². The lowest BCUT2D eigenvalue weighted by atomic mass is 9.92. The lowest BCUT2D eigenvalue weighted by Gasteiger charge is -2.28. The Morgan fingerprint density at radius 3 is 2.09 bits per heavy atom. The van der Waals surface area contributed by atoms with E-state index in [0.717, 1.165) is 6.42 Å². The van der Waals surface area contributed by atoms with E-state index >= 15 is 0 Å². The maximum Gasteiger partial charge on any atom is 0.0637 e. The zero-order valence-electron chi connectivity index (χ0n) is 8.35. The van der Waals surface area contributed by atoms with E-state index in [-0.39, 0.29) is 11.6 Å². The van der Waals surface area contributed by atoms with Crippen LogP contribution in [0.3, 0.4) is 0 Å². The number of ether oxygens (including phenoxy) is 1. The van der Waals surface area contributed by atoms with Gasteiger partial charge in [-0.1, -0.05) is 13.8 Å². The standard InChI is InChI=1S/C9H21NO/c1-7(2)8(10)6-9(3,4)11-5/h7-8H,6,10H2,1-5H3. The quantitative estimate of drug-likeness (QED) is 0.678. The van der Waals surface area contributed by atoms with Crippen LogP contribution in [-0.4, -0.2) is 18.8 Å². The van der Waals surface area contributed by atoms with Crippen molar-refractivity contribution in [3.8, 4) is 0 Å². The molecule has 0 aromatic carbocycles. The van der Waals surface area contributed by atoms with Gasteiger partial charge in [0.1, 0.15) is 0 Å². The monoisotopic (exact) mass is 159 g/mol. The lowest BCUT2D eigenvalue weighted by Crippen LogP contribution is -2.36. The molecule has 0 spiro atoms. The first-order valence-electron chi connectivity index (χ1n) is 4.20. The van der Waals surface area contributed by atoms with Crippen molar-refractivity contribution in [1.29, 1.82) is 0 Å². The fraction of sp³-hybridized carbons (Fsp3) is 1.00. The third-order valence-electron chi connectivity index (χ3n) is 2.14. The molecule has 0 aliphatic rings. The van der Waals surface area contributed by atoms with Gasteiger partial charge in [0, 0.05) is 13.2 Å². The van der Waals surface area contributed by atoms with Crippen LogP contribution >= 0.6 is 0 Å². The van der Waals surface area contributed by atoms with Crippen LogP contribution in [-0.2, 0) is 4.74 Å². The van der Waals surface area contributed by atoms with Gasteiger partial charge in [0.2, 0.25) is 0 Å². The van der Waals surface area contributed by atoms with Gasteiger partial charge < -0.3 is 10.5 Å². The van der Waals surface area contributed by atoms with Crippen molar-refractivity contribution in [2.24, 2.45) is 11.7 Å². The molecule has 1 unspecified atom stereocenters. The minimum Gasteiger partial charge on any atom is -0.379 e. The molecule has 0 amide bonds. The summed E-state index contributed by atoms with van der Waals surface area (Å²) in [7, 11) is 1.73. The van der Waals surface area contributed by atoms with Crippen LogP contribution in [0.15, 0.2) is 0 Å². The number of nitrogens with two attached hydrogens (primary N) is 1. The smallest absolute Gasteiger partial charge is 0.0637 e. The number of rotatable bonds is 4. The van der Waals surface area contributed by atoms with Gasteiger partial charge >= 0.3 is 0 Å². The topological polar surface area (TPSA) is 35.2 Å². The Balaban J connectivity index is 3.83. The zero-order chi connectivity index (χ0) is 9.07. The molecule has 2 heteroatoms. The number of hydrogen-bond acceptors (Lipinski definition) is 2. The van der Waals surface area contributed by atoms with Crippen molar-refractivity contribution in [3.63, 3.8) is 0 Å². The van der Waals surface area contributed by atoms with Gasteiger partial charge in [0.25, 0.3) is 0 Å². The Morgan fingerprint density at radius 1 is 1.36 bits per heavy atom. The first kappa shape index (κ1) is 10.9. The molecule has 0 bridgehead atoms. The van der Waals surface area contributed by atoms with Crippen molar-refractivity contribution in [3.05, 3.63) is 0 Å². The first-order valence-corrected chi connectivity index (χ1v) is 4.20. The Hall–Kier alpha value is -0.0800. The van der Waals surface area contributed by atoms with Crippen LogP contribution in [0.2, 0.25) is 0 Å². The minimum atomic E-state index is -0.0797.